The molecule has 6 heteroatoms. The van der Waals surface area contributed by atoms with Crippen molar-refractivity contribution in [1.82, 2.24) is 0 Å². The lowest BCUT2D eigenvalue weighted by atomic mass is 10.1. The Labute approximate surface area is 183 Å². The van der Waals surface area contributed by atoms with Gasteiger partial charge in [0.25, 0.3) is 10.0 Å². The first-order valence-corrected chi connectivity index (χ1v) is 11.2. The summed E-state index contributed by atoms with van der Waals surface area (Å²) in [5.41, 5.74) is 2.91. The van der Waals surface area contributed by atoms with E-state index in [9.17, 15) is 13.2 Å². The van der Waals surface area contributed by atoms with Gasteiger partial charge in [0.2, 0.25) is 0 Å². The number of anilines is 1. The smallest absolute Gasteiger partial charge is 0.339 e. The number of benzene rings is 3. The Morgan fingerprint density at radius 2 is 1.68 bits per heavy atom. The predicted octanol–water partition coefficient (Wildman–Crippen LogP) is 4.57. The third-order valence-electron chi connectivity index (χ3n) is 4.71. The molecule has 0 saturated heterocycles. The van der Waals surface area contributed by atoms with Crippen LogP contribution in [0.3, 0.4) is 0 Å². The Hall–Kier alpha value is -3.56. The van der Waals surface area contributed by atoms with E-state index < -0.39 is 22.1 Å². The van der Waals surface area contributed by atoms with Crippen LogP contribution in [-0.4, -0.2) is 20.5 Å². The topological polar surface area (TPSA) is 72.5 Å². The number of ether oxygens (including phenoxy) is 1. The van der Waals surface area contributed by atoms with Gasteiger partial charge in [0.05, 0.1) is 16.1 Å². The maximum atomic E-state index is 12.8. The molecule has 31 heavy (non-hydrogen) atoms. The van der Waals surface area contributed by atoms with Crippen molar-refractivity contribution in [2.45, 2.75) is 31.3 Å². The summed E-state index contributed by atoms with van der Waals surface area (Å²) < 4.78 is 33.7. The van der Waals surface area contributed by atoms with E-state index in [4.69, 9.17) is 11.2 Å². The van der Waals surface area contributed by atoms with Crippen molar-refractivity contribution in [1.29, 1.82) is 0 Å². The number of rotatable bonds is 7. The van der Waals surface area contributed by atoms with Crippen LogP contribution in [0.1, 0.15) is 34.0 Å². The molecule has 0 radical (unpaired) electrons. The number of para-hydroxylation sites is 1. The Kier molecular flexibility index (Phi) is 6.78. The highest BCUT2D eigenvalue weighted by Crippen LogP contribution is 2.23. The van der Waals surface area contributed by atoms with Gasteiger partial charge in [-0.15, -0.1) is 6.42 Å². The molecule has 3 aromatic carbocycles. The van der Waals surface area contributed by atoms with Gasteiger partial charge in [-0.1, -0.05) is 53.9 Å². The number of nitrogens with one attached hydrogen (secondary N) is 1. The second-order valence-corrected chi connectivity index (χ2v) is 8.87. The fourth-order valence-electron chi connectivity index (χ4n) is 3.10. The van der Waals surface area contributed by atoms with Crippen LogP contribution in [0.5, 0.6) is 0 Å². The molecule has 1 N–H and O–H groups in total. The predicted molar refractivity (Wildman–Crippen MR) is 121 cm³/mol. The van der Waals surface area contributed by atoms with E-state index in [0.29, 0.717) is 28.8 Å². The van der Waals surface area contributed by atoms with Crippen LogP contribution < -0.4 is 4.72 Å². The zero-order valence-electron chi connectivity index (χ0n) is 17.3. The van der Waals surface area contributed by atoms with Crippen LogP contribution in [0, 0.1) is 19.3 Å². The number of sulfonamides is 1. The van der Waals surface area contributed by atoms with E-state index in [-0.39, 0.29) is 4.90 Å². The molecule has 3 rings (SSSR count). The molecule has 5 nitrogen and oxygen atoms in total. The summed E-state index contributed by atoms with van der Waals surface area (Å²) in [5.74, 6) is 1.96. The van der Waals surface area contributed by atoms with E-state index >= 15 is 0 Å². The lowest BCUT2D eigenvalue weighted by Crippen LogP contribution is -2.20. The molecule has 0 aliphatic carbocycles. The fourth-order valence-corrected chi connectivity index (χ4v) is 4.20. The van der Waals surface area contributed by atoms with Gasteiger partial charge >= 0.3 is 5.97 Å². The highest BCUT2D eigenvalue weighted by molar-refractivity contribution is 7.92. The van der Waals surface area contributed by atoms with Gasteiger partial charge in [-0.3, -0.25) is 4.72 Å². The molecule has 158 valence electrons. The molecule has 0 spiro atoms. The SMILES string of the molecule is C#Cc1ccccc1C(=O)O[C@@H](C)Cc1ccccc1NS(=O)(=O)c1ccc(C)cc1. The van der Waals surface area contributed by atoms with E-state index in [2.05, 4.69) is 10.6 Å². The summed E-state index contributed by atoms with van der Waals surface area (Å²) in [5, 5.41) is 0. The molecule has 0 unspecified atom stereocenters. The monoisotopic (exact) mass is 433 g/mol. The van der Waals surface area contributed by atoms with Crippen LogP contribution >= 0.6 is 0 Å². The maximum absolute atomic E-state index is 12.8. The Morgan fingerprint density at radius 3 is 2.39 bits per heavy atom. The molecule has 0 fully saturated rings. The Morgan fingerprint density at radius 1 is 1.03 bits per heavy atom. The summed E-state index contributed by atoms with van der Waals surface area (Å²) in [6.07, 6.45) is 5.29. The maximum Gasteiger partial charge on any atom is 0.339 e. The van der Waals surface area contributed by atoms with Crippen LogP contribution in [-0.2, 0) is 21.2 Å². The minimum Gasteiger partial charge on any atom is -0.459 e. The van der Waals surface area contributed by atoms with Gasteiger partial charge in [-0.05, 0) is 49.7 Å². The van der Waals surface area contributed by atoms with Gasteiger partial charge in [-0.25, -0.2) is 13.2 Å². The number of carbonyl (C=O) groups is 1. The fraction of sp³-hybridized carbons (Fsp3) is 0.160. The quantitative estimate of drug-likeness (QED) is 0.438. The van der Waals surface area contributed by atoms with Crippen molar-refractivity contribution < 1.29 is 17.9 Å². The van der Waals surface area contributed by atoms with E-state index in [1.807, 2.05) is 6.92 Å². The lowest BCUT2D eigenvalue weighted by Gasteiger charge is -2.17. The minimum absolute atomic E-state index is 0.179. The standard InChI is InChI=1S/C25H23NO4S/c1-4-20-9-5-7-11-23(20)25(27)30-19(3)17-21-10-6-8-12-24(21)26-31(28,29)22-15-13-18(2)14-16-22/h1,5-16,19,26H,17H2,2-3H3/t19-/m0/s1. The summed E-state index contributed by atoms with van der Waals surface area (Å²) in [7, 11) is -3.74. The van der Waals surface area contributed by atoms with Gasteiger partial charge in [0.15, 0.2) is 0 Å². The summed E-state index contributed by atoms with van der Waals surface area (Å²) in [6, 6.07) is 20.4. The normalized spacial score (nSPS) is 11.9. The van der Waals surface area contributed by atoms with E-state index in [0.717, 1.165) is 5.56 Å². The highest BCUT2D eigenvalue weighted by Gasteiger charge is 2.19. The van der Waals surface area contributed by atoms with Crippen molar-refractivity contribution in [3.63, 3.8) is 0 Å². The van der Waals surface area contributed by atoms with Gasteiger partial charge in [0, 0.05) is 12.0 Å². The lowest BCUT2D eigenvalue weighted by molar-refractivity contribution is 0.0343. The van der Waals surface area contributed by atoms with Gasteiger partial charge in [0.1, 0.15) is 6.10 Å². The summed E-state index contributed by atoms with van der Waals surface area (Å²) >= 11 is 0. The molecular formula is C25H23NO4S. The minimum atomic E-state index is -3.74. The van der Waals surface area contributed by atoms with E-state index in [1.165, 1.54) is 0 Å². The molecule has 0 aliphatic rings. The second kappa shape index (κ2) is 9.50. The number of carbonyl (C=O) groups excluding carboxylic acids is 1. The Balaban J connectivity index is 1.75. The first-order chi connectivity index (χ1) is 14.8. The van der Waals surface area contributed by atoms with Crippen LogP contribution in [0.25, 0.3) is 0 Å². The van der Waals surface area contributed by atoms with E-state index in [1.54, 1.807) is 79.7 Å². The third kappa shape index (κ3) is 5.53. The molecule has 0 amide bonds. The van der Waals surface area contributed by atoms with Crippen LogP contribution in [0.2, 0.25) is 0 Å². The molecule has 0 aliphatic heterocycles. The number of terminal acetylenes is 1. The third-order valence-corrected chi connectivity index (χ3v) is 6.09. The number of hydrogen-bond donors (Lipinski definition) is 1. The van der Waals surface area contributed by atoms with Crippen LogP contribution in [0.4, 0.5) is 5.69 Å². The second-order valence-electron chi connectivity index (χ2n) is 7.19. The number of hydrogen-bond acceptors (Lipinski definition) is 4. The molecule has 0 aromatic heterocycles. The molecular weight excluding hydrogens is 410 g/mol. The largest absolute Gasteiger partial charge is 0.459 e. The average Bonchev–Trinajstić information content (AvgIpc) is 2.75. The molecule has 3 aromatic rings. The number of esters is 1. The average molecular weight is 434 g/mol. The first kappa shape index (κ1) is 22.1. The van der Waals surface area contributed by atoms with Crippen LogP contribution in [0.15, 0.2) is 77.7 Å². The van der Waals surface area contributed by atoms with Crippen molar-refractivity contribution in [2.75, 3.05) is 4.72 Å². The number of aryl methyl sites for hydroxylation is 1. The van der Waals surface area contributed by atoms with Gasteiger partial charge in [-0.2, -0.15) is 0 Å². The summed E-state index contributed by atoms with van der Waals surface area (Å²) in [4.78, 5) is 12.7. The Bertz CT molecular complexity index is 1220. The zero-order chi connectivity index (χ0) is 22.4. The first-order valence-electron chi connectivity index (χ1n) is 9.74. The molecule has 1 atom stereocenters. The highest BCUT2D eigenvalue weighted by atomic mass is 32.2. The van der Waals surface area contributed by atoms with Crippen molar-refractivity contribution in [3.05, 3.63) is 95.1 Å². The zero-order valence-corrected chi connectivity index (χ0v) is 18.1. The van der Waals surface area contributed by atoms with Crippen molar-refractivity contribution in [3.8, 4) is 12.3 Å². The molecule has 0 bridgehead atoms. The summed E-state index contributed by atoms with van der Waals surface area (Å²) in [6.45, 7) is 3.64. The van der Waals surface area contributed by atoms with Crippen molar-refractivity contribution >= 4 is 21.7 Å². The van der Waals surface area contributed by atoms with Crippen molar-refractivity contribution in [2.24, 2.45) is 0 Å². The van der Waals surface area contributed by atoms with Gasteiger partial charge < -0.3 is 4.74 Å². The molecule has 0 heterocycles. The molecule has 0 saturated carbocycles.